The van der Waals surface area contributed by atoms with Crippen LogP contribution in [0.3, 0.4) is 0 Å². The quantitative estimate of drug-likeness (QED) is 0.914. The highest BCUT2D eigenvalue weighted by Crippen LogP contribution is 2.33. The summed E-state index contributed by atoms with van der Waals surface area (Å²) in [5.41, 5.74) is 0.989. The Balaban J connectivity index is 1.54. The number of amides is 1. The molecule has 1 aromatic carbocycles. The lowest BCUT2D eigenvalue weighted by atomic mass is 10.2. The molecular formula is C16H19FN2O4. The molecular weight excluding hydrogens is 303 g/mol. The van der Waals surface area contributed by atoms with Crippen LogP contribution in [0.5, 0.6) is 0 Å². The predicted octanol–water partition coefficient (Wildman–Crippen LogP) is 1.51. The molecule has 0 aliphatic carbocycles. The van der Waals surface area contributed by atoms with Gasteiger partial charge in [0.2, 0.25) is 0 Å². The van der Waals surface area contributed by atoms with Gasteiger partial charge in [-0.25, -0.2) is 9.18 Å². The minimum atomic E-state index is -0.555. The summed E-state index contributed by atoms with van der Waals surface area (Å²) < 4.78 is 25.3. The number of benzene rings is 1. The van der Waals surface area contributed by atoms with Gasteiger partial charge in [-0.15, -0.1) is 0 Å². The van der Waals surface area contributed by atoms with E-state index in [1.54, 1.807) is 12.1 Å². The van der Waals surface area contributed by atoms with Gasteiger partial charge in [-0.05, 0) is 31.0 Å². The molecule has 3 fully saturated rings. The van der Waals surface area contributed by atoms with Crippen molar-refractivity contribution in [3.05, 3.63) is 24.0 Å². The fourth-order valence-electron chi connectivity index (χ4n) is 3.56. The van der Waals surface area contributed by atoms with E-state index in [1.165, 1.54) is 11.0 Å². The Morgan fingerprint density at radius 3 is 2.57 bits per heavy atom. The molecule has 1 aromatic rings. The lowest BCUT2D eigenvalue weighted by Gasteiger charge is -2.34. The number of morpholine rings is 1. The summed E-state index contributed by atoms with van der Waals surface area (Å²) in [6, 6.07) is 4.78. The Morgan fingerprint density at radius 1 is 1.22 bits per heavy atom. The van der Waals surface area contributed by atoms with Crippen LogP contribution in [0, 0.1) is 5.82 Å². The number of aliphatic hydroxyl groups is 1. The van der Waals surface area contributed by atoms with Gasteiger partial charge in [-0.3, -0.25) is 4.90 Å². The van der Waals surface area contributed by atoms with Gasteiger partial charge in [0.25, 0.3) is 0 Å². The van der Waals surface area contributed by atoms with Crippen molar-refractivity contribution >= 4 is 17.5 Å². The number of nitrogens with zero attached hydrogens (tertiary/aromatic N) is 2. The summed E-state index contributed by atoms with van der Waals surface area (Å²) in [6.07, 6.45) is 1.32. The number of fused-ring (bicyclic) bond motifs is 2. The molecule has 3 saturated heterocycles. The molecule has 0 saturated carbocycles. The molecule has 3 atom stereocenters. The van der Waals surface area contributed by atoms with Crippen molar-refractivity contribution in [3.63, 3.8) is 0 Å². The van der Waals surface area contributed by atoms with Crippen LogP contribution in [0.2, 0.25) is 0 Å². The summed E-state index contributed by atoms with van der Waals surface area (Å²) >= 11 is 0. The van der Waals surface area contributed by atoms with E-state index in [1.807, 2.05) is 4.90 Å². The van der Waals surface area contributed by atoms with E-state index in [9.17, 15) is 9.18 Å². The van der Waals surface area contributed by atoms with Crippen LogP contribution in [0.15, 0.2) is 18.2 Å². The van der Waals surface area contributed by atoms with Crippen LogP contribution < -0.4 is 9.80 Å². The average Bonchev–Trinajstić information content (AvgIpc) is 3.09. The number of rotatable bonds is 3. The van der Waals surface area contributed by atoms with Gasteiger partial charge in [0.05, 0.1) is 36.7 Å². The van der Waals surface area contributed by atoms with Gasteiger partial charge in [-0.1, -0.05) is 0 Å². The third-order valence-electron chi connectivity index (χ3n) is 4.70. The van der Waals surface area contributed by atoms with Crippen LogP contribution in [-0.2, 0) is 9.47 Å². The van der Waals surface area contributed by atoms with E-state index in [0.29, 0.717) is 24.5 Å². The highest BCUT2D eigenvalue weighted by molar-refractivity contribution is 5.90. The number of anilines is 2. The molecule has 124 valence electrons. The van der Waals surface area contributed by atoms with Crippen molar-refractivity contribution in [1.82, 2.24) is 0 Å². The number of aliphatic hydroxyl groups excluding tert-OH is 1. The molecule has 4 rings (SSSR count). The lowest BCUT2D eigenvalue weighted by Crippen LogP contribution is -2.43. The van der Waals surface area contributed by atoms with Crippen LogP contribution in [0.25, 0.3) is 0 Å². The molecule has 1 amide bonds. The Labute approximate surface area is 133 Å². The van der Waals surface area contributed by atoms with Gasteiger partial charge in [-0.2, -0.15) is 0 Å². The van der Waals surface area contributed by atoms with E-state index in [2.05, 4.69) is 0 Å². The van der Waals surface area contributed by atoms with Crippen LogP contribution >= 0.6 is 0 Å². The molecule has 3 heterocycles. The molecule has 0 spiro atoms. The van der Waals surface area contributed by atoms with Crippen molar-refractivity contribution in [2.24, 2.45) is 0 Å². The second-order valence-corrected chi connectivity index (χ2v) is 6.30. The summed E-state index contributed by atoms with van der Waals surface area (Å²) in [7, 11) is 0. The van der Waals surface area contributed by atoms with Crippen molar-refractivity contribution in [2.45, 2.75) is 31.2 Å². The molecule has 6 nitrogen and oxygen atoms in total. The number of hydrogen-bond acceptors (Lipinski definition) is 5. The monoisotopic (exact) mass is 322 g/mol. The zero-order valence-electron chi connectivity index (χ0n) is 12.7. The Hall–Kier alpha value is -1.86. The minimum Gasteiger partial charge on any atom is -0.441 e. The molecule has 7 heteroatoms. The van der Waals surface area contributed by atoms with Gasteiger partial charge in [0.1, 0.15) is 11.9 Å². The zero-order valence-corrected chi connectivity index (χ0v) is 12.7. The molecule has 0 aromatic heterocycles. The first-order valence-corrected chi connectivity index (χ1v) is 7.93. The first-order chi connectivity index (χ1) is 11.1. The third-order valence-corrected chi connectivity index (χ3v) is 4.70. The largest absolute Gasteiger partial charge is 0.441 e. The summed E-state index contributed by atoms with van der Waals surface area (Å²) in [5, 5.41) is 9.08. The maximum atomic E-state index is 14.6. The normalized spacial score (nSPS) is 30.0. The van der Waals surface area contributed by atoms with Crippen molar-refractivity contribution in [3.8, 4) is 0 Å². The smallest absolute Gasteiger partial charge is 0.414 e. The Morgan fingerprint density at radius 2 is 1.96 bits per heavy atom. The van der Waals surface area contributed by atoms with Gasteiger partial charge >= 0.3 is 6.09 Å². The third kappa shape index (κ3) is 2.64. The van der Waals surface area contributed by atoms with Gasteiger partial charge in [0, 0.05) is 13.1 Å². The van der Waals surface area contributed by atoms with E-state index in [0.717, 1.165) is 12.8 Å². The summed E-state index contributed by atoms with van der Waals surface area (Å²) in [6.45, 7) is 1.39. The van der Waals surface area contributed by atoms with E-state index < -0.39 is 12.2 Å². The standard InChI is InChI=1S/C16H19FN2O4/c17-14-5-10(19-8-13(9-20)23-16(19)21)1-4-15(14)18-6-11-2-3-12(7-18)22-11/h1,4-5,11-13,20H,2-3,6-9H2/t11-,12?,13-/m1/s1. The summed E-state index contributed by atoms with van der Waals surface area (Å²) in [4.78, 5) is 15.1. The first-order valence-electron chi connectivity index (χ1n) is 7.93. The second-order valence-electron chi connectivity index (χ2n) is 6.30. The van der Waals surface area contributed by atoms with Crippen LogP contribution in [-0.4, -0.2) is 55.8 Å². The summed E-state index contributed by atoms with van der Waals surface area (Å²) in [5.74, 6) is -0.357. The number of halogens is 1. The molecule has 23 heavy (non-hydrogen) atoms. The van der Waals surface area contributed by atoms with E-state index in [4.69, 9.17) is 14.6 Å². The van der Waals surface area contributed by atoms with Crippen molar-refractivity contribution in [2.75, 3.05) is 36.0 Å². The highest BCUT2D eigenvalue weighted by Gasteiger charge is 2.35. The predicted molar refractivity (Wildman–Crippen MR) is 81.2 cm³/mol. The molecule has 3 aliphatic rings. The Kier molecular flexibility index (Phi) is 3.61. The van der Waals surface area contributed by atoms with Crippen molar-refractivity contribution < 1.29 is 23.8 Å². The number of ether oxygens (including phenoxy) is 2. The van der Waals surface area contributed by atoms with E-state index in [-0.39, 0.29) is 31.2 Å². The zero-order chi connectivity index (χ0) is 16.0. The molecule has 1 N–H and O–H groups in total. The number of hydrogen-bond donors (Lipinski definition) is 1. The molecule has 3 aliphatic heterocycles. The second kappa shape index (κ2) is 5.65. The Bertz CT molecular complexity index is 614. The van der Waals surface area contributed by atoms with E-state index >= 15 is 0 Å². The van der Waals surface area contributed by atoms with Crippen LogP contribution in [0.1, 0.15) is 12.8 Å². The SMILES string of the molecule is O=C1O[C@@H](CO)CN1c1ccc(N2CC3CC[C@H](C2)O3)c(F)c1. The maximum absolute atomic E-state index is 14.6. The number of carbonyl (C=O) groups excluding carboxylic acids is 1. The maximum Gasteiger partial charge on any atom is 0.414 e. The minimum absolute atomic E-state index is 0.187. The lowest BCUT2D eigenvalue weighted by molar-refractivity contribution is 0.0303. The fraction of sp³-hybridized carbons (Fsp3) is 0.562. The topological polar surface area (TPSA) is 62.2 Å². The van der Waals surface area contributed by atoms with Gasteiger partial charge < -0.3 is 19.5 Å². The number of cyclic esters (lactones) is 1. The van der Waals surface area contributed by atoms with Crippen LogP contribution in [0.4, 0.5) is 20.6 Å². The van der Waals surface area contributed by atoms with Crippen molar-refractivity contribution in [1.29, 1.82) is 0 Å². The van der Waals surface area contributed by atoms with Gasteiger partial charge in [0.15, 0.2) is 0 Å². The number of carbonyl (C=O) groups is 1. The highest BCUT2D eigenvalue weighted by atomic mass is 19.1. The average molecular weight is 322 g/mol. The fourth-order valence-corrected chi connectivity index (χ4v) is 3.56. The molecule has 2 bridgehead atoms. The molecule has 1 unspecified atom stereocenters. The first kappa shape index (κ1) is 14.7. The molecule has 0 radical (unpaired) electrons.